The van der Waals surface area contributed by atoms with Gasteiger partial charge in [0, 0.05) is 17.5 Å². The molecule has 1 aromatic heterocycles. The van der Waals surface area contributed by atoms with Gasteiger partial charge in [-0.25, -0.2) is 4.79 Å². The van der Waals surface area contributed by atoms with Crippen LogP contribution in [0.25, 0.3) is 11.0 Å². The number of unbranched alkanes of at least 4 members (excludes halogenated alkanes) is 2. The maximum atomic E-state index is 11.2. The third kappa shape index (κ3) is 4.46. The molecule has 3 aromatic rings. The van der Waals surface area contributed by atoms with Gasteiger partial charge in [-0.15, -0.1) is 0 Å². The Labute approximate surface area is 135 Å². The summed E-state index contributed by atoms with van der Waals surface area (Å²) in [6.07, 6.45) is 4.43. The fourth-order valence-electron chi connectivity index (χ4n) is 2.57. The van der Waals surface area contributed by atoms with E-state index in [1.165, 1.54) is 18.1 Å². The molecule has 23 heavy (non-hydrogen) atoms. The lowest BCUT2D eigenvalue weighted by atomic mass is 10.1. The van der Waals surface area contributed by atoms with Gasteiger partial charge in [0.25, 0.3) is 0 Å². The normalized spacial score (nSPS) is 10.8. The minimum atomic E-state index is -0.337. The van der Waals surface area contributed by atoms with Crippen LogP contribution in [-0.4, -0.2) is 6.61 Å². The number of benzene rings is 2. The number of rotatable bonds is 7. The monoisotopic (exact) mass is 308 g/mol. The van der Waals surface area contributed by atoms with Crippen molar-refractivity contribution in [1.82, 2.24) is 0 Å². The van der Waals surface area contributed by atoms with E-state index in [0.29, 0.717) is 12.2 Å². The van der Waals surface area contributed by atoms with Crippen molar-refractivity contribution in [1.29, 1.82) is 0 Å². The summed E-state index contributed by atoms with van der Waals surface area (Å²) in [6, 6.07) is 19.3. The van der Waals surface area contributed by atoms with Crippen molar-refractivity contribution in [2.24, 2.45) is 0 Å². The zero-order valence-corrected chi connectivity index (χ0v) is 13.0. The van der Waals surface area contributed by atoms with Gasteiger partial charge in [0.1, 0.15) is 11.3 Å². The lowest BCUT2D eigenvalue weighted by Gasteiger charge is -2.07. The van der Waals surface area contributed by atoms with Crippen molar-refractivity contribution in [3.8, 4) is 5.75 Å². The summed E-state index contributed by atoms with van der Waals surface area (Å²) in [5.74, 6) is 0.745. The Balaban J connectivity index is 1.43. The molecule has 0 spiro atoms. The first-order valence-electron chi connectivity index (χ1n) is 8.02. The van der Waals surface area contributed by atoms with Crippen molar-refractivity contribution in [3.05, 3.63) is 76.6 Å². The van der Waals surface area contributed by atoms with Crippen LogP contribution in [-0.2, 0) is 6.42 Å². The Morgan fingerprint density at radius 1 is 0.870 bits per heavy atom. The van der Waals surface area contributed by atoms with Crippen molar-refractivity contribution < 1.29 is 9.15 Å². The van der Waals surface area contributed by atoms with Gasteiger partial charge in [-0.2, -0.15) is 0 Å². The van der Waals surface area contributed by atoms with E-state index in [1.54, 1.807) is 12.1 Å². The Hall–Kier alpha value is -2.55. The van der Waals surface area contributed by atoms with Crippen LogP contribution in [0.15, 0.2) is 69.9 Å². The maximum absolute atomic E-state index is 11.2. The molecule has 0 unspecified atom stereocenters. The molecule has 3 nitrogen and oxygen atoms in total. The summed E-state index contributed by atoms with van der Waals surface area (Å²) in [5, 5.41) is 0.903. The quantitative estimate of drug-likeness (QED) is 0.473. The highest BCUT2D eigenvalue weighted by molar-refractivity contribution is 5.77. The van der Waals surface area contributed by atoms with Crippen LogP contribution >= 0.6 is 0 Å². The highest BCUT2D eigenvalue weighted by Crippen LogP contribution is 2.19. The first-order valence-corrected chi connectivity index (χ1v) is 8.02. The summed E-state index contributed by atoms with van der Waals surface area (Å²) in [7, 11) is 0. The lowest BCUT2D eigenvalue weighted by molar-refractivity contribution is 0.305. The van der Waals surface area contributed by atoms with E-state index in [2.05, 4.69) is 24.3 Å². The van der Waals surface area contributed by atoms with Crippen molar-refractivity contribution in [2.45, 2.75) is 25.7 Å². The molecule has 0 fully saturated rings. The topological polar surface area (TPSA) is 39.4 Å². The van der Waals surface area contributed by atoms with E-state index in [1.807, 2.05) is 18.2 Å². The first-order chi connectivity index (χ1) is 11.3. The van der Waals surface area contributed by atoms with Gasteiger partial charge in [0.05, 0.1) is 6.61 Å². The second-order valence-corrected chi connectivity index (χ2v) is 5.60. The molecule has 3 rings (SSSR count). The molecule has 0 aliphatic heterocycles. The second kappa shape index (κ2) is 7.63. The molecule has 0 aliphatic carbocycles. The molecule has 2 aromatic carbocycles. The van der Waals surface area contributed by atoms with Crippen LogP contribution in [0.2, 0.25) is 0 Å². The van der Waals surface area contributed by atoms with Gasteiger partial charge in [-0.05, 0) is 49.4 Å². The number of fused-ring (bicyclic) bond motifs is 1. The minimum Gasteiger partial charge on any atom is -0.493 e. The molecular formula is C20H20O3. The van der Waals surface area contributed by atoms with Gasteiger partial charge >= 0.3 is 5.63 Å². The summed E-state index contributed by atoms with van der Waals surface area (Å²) in [4.78, 5) is 11.2. The fourth-order valence-corrected chi connectivity index (χ4v) is 2.57. The molecule has 0 saturated heterocycles. The molecule has 1 heterocycles. The molecule has 0 saturated carbocycles. The fraction of sp³-hybridized carbons (Fsp3) is 0.250. The molecule has 0 amide bonds. The molecule has 3 heteroatoms. The predicted molar refractivity (Wildman–Crippen MR) is 92.0 cm³/mol. The zero-order valence-electron chi connectivity index (χ0n) is 13.0. The van der Waals surface area contributed by atoms with Crippen molar-refractivity contribution >= 4 is 11.0 Å². The average molecular weight is 308 g/mol. The standard InChI is InChI=1S/C20H20O3/c21-20-13-11-17-10-12-18(15-19(17)23-20)22-14-6-2-5-9-16-7-3-1-4-8-16/h1,3-4,7-8,10-13,15H,2,5-6,9,14H2. The highest BCUT2D eigenvalue weighted by atomic mass is 16.5. The number of ether oxygens (including phenoxy) is 1. The maximum Gasteiger partial charge on any atom is 0.336 e. The van der Waals surface area contributed by atoms with E-state index in [-0.39, 0.29) is 5.63 Å². The van der Waals surface area contributed by atoms with Crippen LogP contribution in [0.5, 0.6) is 5.75 Å². The Bertz CT molecular complexity index is 806. The molecule has 0 radical (unpaired) electrons. The zero-order chi connectivity index (χ0) is 15.9. The van der Waals surface area contributed by atoms with E-state index >= 15 is 0 Å². The van der Waals surface area contributed by atoms with Crippen LogP contribution in [0.4, 0.5) is 0 Å². The summed E-state index contributed by atoms with van der Waals surface area (Å²) >= 11 is 0. The summed E-state index contributed by atoms with van der Waals surface area (Å²) in [6.45, 7) is 0.678. The Morgan fingerprint density at radius 3 is 2.57 bits per heavy atom. The van der Waals surface area contributed by atoms with Crippen LogP contribution in [0.3, 0.4) is 0 Å². The van der Waals surface area contributed by atoms with Gasteiger partial charge in [-0.1, -0.05) is 30.3 Å². The SMILES string of the molecule is O=c1ccc2ccc(OCCCCCc3ccccc3)cc2o1. The van der Waals surface area contributed by atoms with Gasteiger partial charge < -0.3 is 9.15 Å². The first kappa shape index (κ1) is 15.3. The summed E-state index contributed by atoms with van der Waals surface area (Å²) < 4.78 is 10.9. The average Bonchev–Trinajstić information content (AvgIpc) is 2.58. The summed E-state index contributed by atoms with van der Waals surface area (Å²) in [5.41, 5.74) is 1.62. The molecular weight excluding hydrogens is 288 g/mol. The third-order valence-electron chi connectivity index (χ3n) is 3.82. The van der Waals surface area contributed by atoms with Crippen molar-refractivity contribution in [2.75, 3.05) is 6.61 Å². The van der Waals surface area contributed by atoms with Crippen molar-refractivity contribution in [3.63, 3.8) is 0 Å². The third-order valence-corrected chi connectivity index (χ3v) is 3.82. The molecule has 0 aliphatic rings. The van der Waals surface area contributed by atoms with E-state index < -0.39 is 0 Å². The van der Waals surface area contributed by atoms with E-state index in [9.17, 15) is 4.79 Å². The highest BCUT2D eigenvalue weighted by Gasteiger charge is 2.00. The molecule has 0 bridgehead atoms. The van der Waals surface area contributed by atoms with Crippen LogP contribution in [0.1, 0.15) is 24.8 Å². The van der Waals surface area contributed by atoms with Crippen LogP contribution < -0.4 is 10.4 Å². The Kier molecular flexibility index (Phi) is 5.09. The minimum absolute atomic E-state index is 0.337. The number of hydrogen-bond acceptors (Lipinski definition) is 3. The smallest absolute Gasteiger partial charge is 0.336 e. The predicted octanol–water partition coefficient (Wildman–Crippen LogP) is 4.58. The lowest BCUT2D eigenvalue weighted by Crippen LogP contribution is -1.99. The molecule has 0 atom stereocenters. The number of aryl methyl sites for hydroxylation is 1. The van der Waals surface area contributed by atoms with E-state index in [4.69, 9.17) is 9.15 Å². The Morgan fingerprint density at radius 2 is 1.70 bits per heavy atom. The van der Waals surface area contributed by atoms with Gasteiger partial charge in [0.15, 0.2) is 0 Å². The second-order valence-electron chi connectivity index (χ2n) is 5.60. The molecule has 118 valence electrons. The molecule has 0 N–H and O–H groups in total. The van der Waals surface area contributed by atoms with Crippen LogP contribution in [0, 0.1) is 0 Å². The number of hydrogen-bond donors (Lipinski definition) is 0. The van der Waals surface area contributed by atoms with E-state index in [0.717, 1.165) is 30.4 Å². The van der Waals surface area contributed by atoms with Gasteiger partial charge in [-0.3, -0.25) is 0 Å². The van der Waals surface area contributed by atoms with Gasteiger partial charge in [0.2, 0.25) is 0 Å². The largest absolute Gasteiger partial charge is 0.493 e.